The molecular formula is C57H41N3. The fraction of sp³-hybridized carbons (Fsp3) is 0.0526. The van der Waals surface area contributed by atoms with Gasteiger partial charge < -0.3 is 14.0 Å². The average Bonchev–Trinajstić information content (AvgIpc) is 3.90. The number of para-hydroxylation sites is 5. The van der Waals surface area contributed by atoms with Gasteiger partial charge in [-0.3, -0.25) is 0 Å². The topological polar surface area (TPSA) is 13.1 Å². The molecule has 3 nitrogen and oxygen atoms in total. The highest BCUT2D eigenvalue weighted by Crippen LogP contribution is 2.52. The highest BCUT2D eigenvalue weighted by molar-refractivity contribution is 6.12. The first-order valence-corrected chi connectivity index (χ1v) is 20.9. The second kappa shape index (κ2) is 13.2. The van der Waals surface area contributed by atoms with Crippen molar-refractivity contribution in [2.24, 2.45) is 0 Å². The van der Waals surface area contributed by atoms with E-state index in [9.17, 15) is 0 Å². The van der Waals surface area contributed by atoms with Crippen LogP contribution in [0.3, 0.4) is 0 Å². The molecule has 2 heterocycles. The summed E-state index contributed by atoms with van der Waals surface area (Å²) >= 11 is 0. The summed E-state index contributed by atoms with van der Waals surface area (Å²) in [6.07, 6.45) is 0. The lowest BCUT2D eigenvalue weighted by atomic mass is 9.82. The van der Waals surface area contributed by atoms with Crippen LogP contribution in [-0.2, 0) is 5.41 Å². The largest absolute Gasteiger partial charge is 0.310 e. The van der Waals surface area contributed by atoms with Crippen molar-refractivity contribution in [3.63, 3.8) is 0 Å². The van der Waals surface area contributed by atoms with Crippen LogP contribution in [0.5, 0.6) is 0 Å². The summed E-state index contributed by atoms with van der Waals surface area (Å²) in [4.78, 5) is 2.49. The van der Waals surface area contributed by atoms with Crippen molar-refractivity contribution in [3.05, 3.63) is 223 Å². The van der Waals surface area contributed by atoms with Gasteiger partial charge in [-0.2, -0.15) is 0 Å². The molecule has 0 fully saturated rings. The molecule has 0 radical (unpaired) electrons. The molecule has 1 aliphatic rings. The van der Waals surface area contributed by atoms with Crippen molar-refractivity contribution in [2.75, 3.05) is 4.90 Å². The molecule has 0 spiro atoms. The number of rotatable bonds is 6. The van der Waals surface area contributed by atoms with Crippen LogP contribution in [0.4, 0.5) is 17.1 Å². The van der Waals surface area contributed by atoms with Crippen LogP contribution in [0, 0.1) is 0 Å². The maximum atomic E-state index is 2.49. The van der Waals surface area contributed by atoms with Crippen molar-refractivity contribution in [1.29, 1.82) is 0 Å². The molecule has 0 atom stereocenters. The van der Waals surface area contributed by atoms with Gasteiger partial charge in [-0.25, -0.2) is 0 Å². The van der Waals surface area contributed by atoms with Gasteiger partial charge in [0, 0.05) is 55.3 Å². The summed E-state index contributed by atoms with van der Waals surface area (Å²) in [5.41, 5.74) is 18.0. The van der Waals surface area contributed by atoms with E-state index < -0.39 is 0 Å². The number of fused-ring (bicyclic) bond motifs is 9. The van der Waals surface area contributed by atoms with E-state index in [2.05, 4.69) is 240 Å². The average molecular weight is 768 g/mol. The molecule has 0 N–H and O–H groups in total. The number of aromatic nitrogens is 2. The lowest BCUT2D eigenvalue weighted by molar-refractivity contribution is 0.660. The van der Waals surface area contributed by atoms with E-state index in [4.69, 9.17) is 0 Å². The van der Waals surface area contributed by atoms with Gasteiger partial charge in [0.15, 0.2) is 0 Å². The van der Waals surface area contributed by atoms with Gasteiger partial charge in [0.25, 0.3) is 0 Å². The third-order valence-electron chi connectivity index (χ3n) is 12.9. The Labute approximate surface area is 349 Å². The van der Waals surface area contributed by atoms with Crippen LogP contribution in [0.2, 0.25) is 0 Å². The standard InChI is InChI=1S/C57H41N3/c1-57(2)50-25-13-9-22-44(50)45-33-30-42(37-51(45)57)58(41-31-34-55-49(36-41)47-24-12-16-28-54(47)59(55)39-17-5-3-6-18-39)52-26-14-10-21-43(52)38-29-32-48-46-23-11-15-27-53(46)60(56(48)35-38)40-19-7-4-8-20-40/h3-37H,1-2H3. The highest BCUT2D eigenvalue weighted by atomic mass is 15.1. The van der Waals surface area contributed by atoms with Gasteiger partial charge >= 0.3 is 0 Å². The second-order valence-electron chi connectivity index (χ2n) is 16.6. The van der Waals surface area contributed by atoms with Crippen LogP contribution in [0.25, 0.3) is 77.2 Å². The predicted octanol–water partition coefficient (Wildman–Crippen LogP) is 15.3. The summed E-state index contributed by atoms with van der Waals surface area (Å²) in [6.45, 7) is 4.73. The Morgan fingerprint density at radius 2 is 0.867 bits per heavy atom. The Morgan fingerprint density at radius 3 is 1.60 bits per heavy atom. The minimum Gasteiger partial charge on any atom is -0.310 e. The van der Waals surface area contributed by atoms with Crippen LogP contribution >= 0.6 is 0 Å². The van der Waals surface area contributed by atoms with Gasteiger partial charge in [-0.1, -0.05) is 147 Å². The van der Waals surface area contributed by atoms with E-state index in [1.54, 1.807) is 0 Å². The molecule has 0 aliphatic heterocycles. The van der Waals surface area contributed by atoms with Gasteiger partial charge in [-0.15, -0.1) is 0 Å². The molecule has 0 saturated heterocycles. The van der Waals surface area contributed by atoms with Crippen molar-refractivity contribution < 1.29 is 0 Å². The van der Waals surface area contributed by atoms with Gasteiger partial charge in [0.2, 0.25) is 0 Å². The normalized spacial score (nSPS) is 13.0. The molecule has 11 aromatic rings. The maximum Gasteiger partial charge on any atom is 0.0547 e. The molecule has 284 valence electrons. The SMILES string of the molecule is CC1(C)c2ccccc2-c2ccc(N(c3ccc4c(c3)c3ccccc3n4-c3ccccc3)c3ccccc3-c3ccc4c5ccccc5n(-c5ccccc5)c4c3)cc21. The van der Waals surface area contributed by atoms with E-state index in [1.807, 2.05) is 0 Å². The van der Waals surface area contributed by atoms with E-state index >= 15 is 0 Å². The minimum atomic E-state index is -0.143. The Bertz CT molecular complexity index is 3460. The number of hydrogen-bond donors (Lipinski definition) is 0. The number of anilines is 3. The van der Waals surface area contributed by atoms with E-state index in [1.165, 1.54) is 77.0 Å². The molecule has 60 heavy (non-hydrogen) atoms. The Hall–Kier alpha value is -7.62. The van der Waals surface area contributed by atoms with Crippen molar-refractivity contribution in [1.82, 2.24) is 9.13 Å². The monoisotopic (exact) mass is 767 g/mol. The minimum absolute atomic E-state index is 0.143. The first kappa shape index (κ1) is 34.4. The lowest BCUT2D eigenvalue weighted by Gasteiger charge is -2.30. The zero-order valence-corrected chi connectivity index (χ0v) is 33.5. The van der Waals surface area contributed by atoms with Crippen LogP contribution < -0.4 is 4.90 Å². The Morgan fingerprint density at radius 1 is 0.350 bits per heavy atom. The quantitative estimate of drug-likeness (QED) is 0.164. The number of nitrogens with zero attached hydrogens (tertiary/aromatic N) is 3. The molecule has 0 unspecified atom stereocenters. The number of benzene rings is 9. The first-order valence-electron chi connectivity index (χ1n) is 20.9. The fourth-order valence-electron chi connectivity index (χ4n) is 10.1. The van der Waals surface area contributed by atoms with E-state index in [0.29, 0.717) is 0 Å². The Balaban J connectivity index is 1.11. The van der Waals surface area contributed by atoms with Crippen molar-refractivity contribution in [2.45, 2.75) is 19.3 Å². The van der Waals surface area contributed by atoms with E-state index in [-0.39, 0.29) is 5.41 Å². The summed E-state index contributed by atoms with van der Waals surface area (Å²) in [5, 5.41) is 4.95. The van der Waals surface area contributed by atoms with Gasteiger partial charge in [0.1, 0.15) is 0 Å². The lowest BCUT2D eigenvalue weighted by Crippen LogP contribution is -2.16. The van der Waals surface area contributed by atoms with Crippen LogP contribution in [0.15, 0.2) is 212 Å². The molecule has 12 rings (SSSR count). The molecule has 2 aromatic heterocycles. The maximum absolute atomic E-state index is 2.49. The molecule has 9 aromatic carbocycles. The molecule has 1 aliphatic carbocycles. The summed E-state index contributed by atoms with van der Waals surface area (Å²) in [7, 11) is 0. The fourth-order valence-corrected chi connectivity index (χ4v) is 10.1. The van der Waals surface area contributed by atoms with E-state index in [0.717, 1.165) is 28.4 Å². The zero-order chi connectivity index (χ0) is 40.0. The third-order valence-corrected chi connectivity index (χ3v) is 12.9. The zero-order valence-electron chi connectivity index (χ0n) is 33.5. The predicted molar refractivity (Wildman–Crippen MR) is 253 cm³/mol. The van der Waals surface area contributed by atoms with Crippen LogP contribution in [0.1, 0.15) is 25.0 Å². The third kappa shape index (κ3) is 5.09. The molecular weight excluding hydrogens is 727 g/mol. The smallest absolute Gasteiger partial charge is 0.0547 e. The molecule has 0 saturated carbocycles. The first-order chi connectivity index (χ1) is 29.5. The molecule has 0 amide bonds. The molecule has 3 heteroatoms. The van der Waals surface area contributed by atoms with Crippen molar-refractivity contribution in [3.8, 4) is 33.6 Å². The van der Waals surface area contributed by atoms with Crippen LogP contribution in [-0.4, -0.2) is 9.13 Å². The summed E-state index contributed by atoms with van der Waals surface area (Å²) in [5.74, 6) is 0. The van der Waals surface area contributed by atoms with Gasteiger partial charge in [-0.05, 0) is 107 Å². The Kier molecular flexibility index (Phi) is 7.58. The van der Waals surface area contributed by atoms with Crippen molar-refractivity contribution >= 4 is 60.7 Å². The number of hydrogen-bond acceptors (Lipinski definition) is 1. The summed E-state index contributed by atoms with van der Waals surface area (Å²) < 4.78 is 4.80. The summed E-state index contributed by atoms with van der Waals surface area (Å²) in [6, 6.07) is 78.0. The van der Waals surface area contributed by atoms with Gasteiger partial charge in [0.05, 0.1) is 27.8 Å². The second-order valence-corrected chi connectivity index (χ2v) is 16.6. The molecule has 0 bridgehead atoms. The highest BCUT2D eigenvalue weighted by Gasteiger charge is 2.36.